The first kappa shape index (κ1) is 22.9. The van der Waals surface area contributed by atoms with Gasteiger partial charge in [-0.2, -0.15) is 0 Å². The van der Waals surface area contributed by atoms with Gasteiger partial charge < -0.3 is 20.7 Å². The Labute approximate surface area is 155 Å². The van der Waals surface area contributed by atoms with E-state index in [0.29, 0.717) is 0 Å². The van der Waals surface area contributed by atoms with Gasteiger partial charge in [-0.3, -0.25) is 4.79 Å². The number of hydrogen-bond acceptors (Lipinski definition) is 6. The summed E-state index contributed by atoms with van der Waals surface area (Å²) in [4.78, 5) is 22.9. The number of nitrogens with two attached hydrogens (primary N) is 1. The molecule has 0 spiro atoms. The van der Waals surface area contributed by atoms with Gasteiger partial charge in [0, 0.05) is 38.0 Å². The van der Waals surface area contributed by atoms with E-state index in [4.69, 9.17) is 10.5 Å². The number of ether oxygens (including phenoxy) is 1. The van der Waals surface area contributed by atoms with Gasteiger partial charge in [0.05, 0.1) is 6.61 Å². The minimum atomic E-state index is -0.602. The van der Waals surface area contributed by atoms with Gasteiger partial charge >= 0.3 is 0 Å². The number of carbonyl (C=O) groups excluding carboxylic acids is 1. The Morgan fingerprint density at radius 3 is 2.54 bits per heavy atom. The summed E-state index contributed by atoms with van der Waals surface area (Å²) in [6.07, 6.45) is 1.76. The van der Waals surface area contributed by atoms with Crippen molar-refractivity contribution in [1.82, 2.24) is 15.3 Å². The summed E-state index contributed by atoms with van der Waals surface area (Å²) in [6, 6.07) is 1.56. The summed E-state index contributed by atoms with van der Waals surface area (Å²) in [7, 11) is 1.54. The molecule has 1 amide bonds. The number of aromatic nitrogens is 2. The molecule has 9 heteroatoms. The van der Waals surface area contributed by atoms with E-state index in [-0.39, 0.29) is 43.4 Å². The molecule has 7 nitrogen and oxygen atoms in total. The molecular weight excluding hydrogens is 353 g/mol. The Hall–Kier alpha value is -1.15. The Bertz CT molecular complexity index is 504. The molecule has 1 unspecified atom stereocenters. The van der Waals surface area contributed by atoms with Crippen LogP contribution >= 0.6 is 24.8 Å². The quantitative estimate of drug-likeness (QED) is 0.792. The van der Waals surface area contributed by atoms with Crippen LogP contribution in [0.2, 0.25) is 0 Å². The maximum absolute atomic E-state index is 11.9. The van der Waals surface area contributed by atoms with Crippen LogP contribution in [0.25, 0.3) is 0 Å². The van der Waals surface area contributed by atoms with E-state index in [1.54, 1.807) is 0 Å². The molecule has 1 aliphatic rings. The fourth-order valence-corrected chi connectivity index (χ4v) is 2.68. The van der Waals surface area contributed by atoms with Crippen molar-refractivity contribution >= 4 is 36.5 Å². The molecule has 24 heavy (non-hydrogen) atoms. The highest BCUT2D eigenvalue weighted by Crippen LogP contribution is 2.18. The van der Waals surface area contributed by atoms with E-state index >= 15 is 0 Å². The van der Waals surface area contributed by atoms with Crippen LogP contribution in [-0.4, -0.2) is 54.8 Å². The molecule has 2 heterocycles. The number of hydrogen-bond donors (Lipinski definition) is 2. The van der Waals surface area contributed by atoms with Crippen LogP contribution in [0.15, 0.2) is 6.07 Å². The highest BCUT2D eigenvalue weighted by atomic mass is 35.5. The maximum atomic E-state index is 11.9. The third kappa shape index (κ3) is 6.39. The molecule has 1 fully saturated rings. The van der Waals surface area contributed by atoms with Gasteiger partial charge in [-0.25, -0.2) is 9.97 Å². The molecule has 1 aliphatic heterocycles. The van der Waals surface area contributed by atoms with E-state index in [1.165, 1.54) is 7.11 Å². The molecule has 0 saturated carbocycles. The van der Waals surface area contributed by atoms with Crippen molar-refractivity contribution in [1.29, 1.82) is 0 Å². The van der Waals surface area contributed by atoms with Gasteiger partial charge in [0.1, 0.15) is 17.7 Å². The molecule has 0 radical (unpaired) electrons. The summed E-state index contributed by atoms with van der Waals surface area (Å²) in [6.45, 7) is 5.84. The molecule has 1 aromatic heterocycles. The molecule has 0 bridgehead atoms. The van der Waals surface area contributed by atoms with E-state index in [0.717, 1.165) is 43.3 Å². The van der Waals surface area contributed by atoms with E-state index in [2.05, 4.69) is 20.2 Å². The fourth-order valence-electron chi connectivity index (χ4n) is 2.68. The molecular formula is C15H27Cl2N5O2. The highest BCUT2D eigenvalue weighted by molar-refractivity contribution is 5.85. The van der Waals surface area contributed by atoms with Crippen LogP contribution in [0.1, 0.15) is 24.4 Å². The number of anilines is 1. The van der Waals surface area contributed by atoms with Crippen molar-refractivity contribution in [2.24, 2.45) is 5.73 Å². The number of nitrogens with one attached hydrogen (secondary N) is 1. The average Bonchev–Trinajstić information content (AvgIpc) is 2.47. The lowest BCUT2D eigenvalue weighted by atomic mass is 10.0. The largest absolute Gasteiger partial charge is 0.383 e. The third-order valence-electron chi connectivity index (χ3n) is 3.80. The van der Waals surface area contributed by atoms with Crippen molar-refractivity contribution in [3.05, 3.63) is 17.6 Å². The molecule has 0 aromatic carbocycles. The van der Waals surface area contributed by atoms with Crippen LogP contribution in [0.4, 0.5) is 5.82 Å². The molecule has 0 aliphatic carbocycles. The summed E-state index contributed by atoms with van der Waals surface area (Å²) >= 11 is 0. The van der Waals surface area contributed by atoms with Gasteiger partial charge in [-0.15, -0.1) is 24.8 Å². The smallest absolute Gasteiger partial charge is 0.239 e. The van der Waals surface area contributed by atoms with Crippen molar-refractivity contribution in [2.45, 2.75) is 38.8 Å². The number of rotatable bonds is 5. The molecule has 138 valence electrons. The Balaban J connectivity index is 0.00000264. The van der Waals surface area contributed by atoms with Crippen LogP contribution in [0.3, 0.4) is 0 Å². The van der Waals surface area contributed by atoms with Gasteiger partial charge in [-0.1, -0.05) is 0 Å². The number of methoxy groups -OCH3 is 1. The topological polar surface area (TPSA) is 93.4 Å². The van der Waals surface area contributed by atoms with Gasteiger partial charge in [-0.05, 0) is 26.7 Å². The van der Waals surface area contributed by atoms with Crippen molar-refractivity contribution in [3.63, 3.8) is 0 Å². The normalized spacial score (nSPS) is 15.9. The number of carbonyl (C=O) groups is 1. The summed E-state index contributed by atoms with van der Waals surface area (Å²) in [5.41, 5.74) is 6.71. The monoisotopic (exact) mass is 379 g/mol. The van der Waals surface area contributed by atoms with E-state index < -0.39 is 6.04 Å². The number of halogens is 2. The van der Waals surface area contributed by atoms with Crippen molar-refractivity contribution < 1.29 is 9.53 Å². The first-order valence-electron chi connectivity index (χ1n) is 7.61. The van der Waals surface area contributed by atoms with Gasteiger partial charge in [0.2, 0.25) is 5.91 Å². The van der Waals surface area contributed by atoms with Crippen LogP contribution < -0.4 is 16.0 Å². The van der Waals surface area contributed by atoms with Crippen molar-refractivity contribution in [2.75, 3.05) is 31.7 Å². The van der Waals surface area contributed by atoms with Crippen molar-refractivity contribution in [3.8, 4) is 0 Å². The predicted octanol–water partition coefficient (Wildman–Crippen LogP) is 0.996. The molecule has 3 N–H and O–H groups in total. The number of aryl methyl sites for hydroxylation is 2. The highest BCUT2D eigenvalue weighted by Gasteiger charge is 2.23. The summed E-state index contributed by atoms with van der Waals surface area (Å²) < 4.78 is 4.90. The lowest BCUT2D eigenvalue weighted by Gasteiger charge is -2.33. The maximum Gasteiger partial charge on any atom is 0.239 e. The Morgan fingerprint density at radius 2 is 2.00 bits per heavy atom. The first-order chi connectivity index (χ1) is 10.5. The van der Waals surface area contributed by atoms with E-state index in [9.17, 15) is 4.79 Å². The zero-order valence-corrected chi connectivity index (χ0v) is 16.0. The molecule has 1 atom stereocenters. The Morgan fingerprint density at radius 1 is 1.38 bits per heavy atom. The minimum absolute atomic E-state index is 0. The number of nitrogens with zero attached hydrogens (tertiary/aromatic N) is 3. The first-order valence-corrected chi connectivity index (χ1v) is 7.61. The second kappa shape index (κ2) is 10.7. The SMILES string of the molecule is COCC(N)C(=O)NC1CCN(c2cc(C)nc(C)n2)CC1.Cl.Cl. The van der Waals surface area contributed by atoms with Crippen LogP contribution in [0.5, 0.6) is 0 Å². The summed E-state index contributed by atoms with van der Waals surface area (Å²) in [5, 5.41) is 2.99. The average molecular weight is 380 g/mol. The predicted molar refractivity (Wildman–Crippen MR) is 99.2 cm³/mol. The zero-order valence-electron chi connectivity index (χ0n) is 14.3. The minimum Gasteiger partial charge on any atom is -0.383 e. The zero-order chi connectivity index (χ0) is 16.1. The number of amides is 1. The van der Waals surface area contributed by atoms with Crippen LogP contribution in [-0.2, 0) is 9.53 Å². The molecule has 2 rings (SSSR count). The van der Waals surface area contributed by atoms with Gasteiger partial charge in [0.25, 0.3) is 0 Å². The second-order valence-corrected chi connectivity index (χ2v) is 5.75. The second-order valence-electron chi connectivity index (χ2n) is 5.75. The Kier molecular flexibility index (Phi) is 10.1. The molecule has 1 aromatic rings. The lowest BCUT2D eigenvalue weighted by Crippen LogP contribution is -2.51. The fraction of sp³-hybridized carbons (Fsp3) is 0.667. The third-order valence-corrected chi connectivity index (χ3v) is 3.80. The lowest BCUT2D eigenvalue weighted by molar-refractivity contribution is -0.124. The van der Waals surface area contributed by atoms with E-state index in [1.807, 2.05) is 19.9 Å². The molecule has 1 saturated heterocycles. The van der Waals surface area contributed by atoms with Gasteiger partial charge in [0.15, 0.2) is 0 Å². The standard InChI is InChI=1S/C15H25N5O2.2ClH/c1-10-8-14(18-11(2)17-10)20-6-4-12(5-7-20)19-15(21)13(16)9-22-3;;/h8,12-13H,4-7,9,16H2,1-3H3,(H,19,21);2*1H. The number of piperidine rings is 1. The summed E-state index contributed by atoms with van der Waals surface area (Å²) in [5.74, 6) is 1.61. The van der Waals surface area contributed by atoms with Crippen LogP contribution in [0, 0.1) is 13.8 Å².